The van der Waals surface area contributed by atoms with Crippen molar-refractivity contribution in [2.24, 2.45) is 10.9 Å². The molecule has 1 atom stereocenters. The number of nitrogens with zero attached hydrogens (tertiary/aromatic N) is 2. The minimum atomic E-state index is 0. The van der Waals surface area contributed by atoms with E-state index < -0.39 is 0 Å². The number of nitrogens with one attached hydrogen (secondary N) is 2. The van der Waals surface area contributed by atoms with Crippen LogP contribution in [0.25, 0.3) is 0 Å². The fraction of sp³-hybridized carbons (Fsp3) is 0.714. The zero-order valence-corrected chi connectivity index (χ0v) is 16.1. The molecule has 0 saturated carbocycles. The van der Waals surface area contributed by atoms with Crippen molar-refractivity contribution in [3.05, 3.63) is 15.6 Å². The summed E-state index contributed by atoms with van der Waals surface area (Å²) in [6.45, 7) is 7.71. The van der Waals surface area contributed by atoms with Gasteiger partial charge in [0.15, 0.2) is 5.96 Å². The number of hydrogen-bond acceptors (Lipinski definition) is 4. The van der Waals surface area contributed by atoms with Gasteiger partial charge >= 0.3 is 0 Å². The van der Waals surface area contributed by atoms with Crippen molar-refractivity contribution in [3.8, 4) is 0 Å². The van der Waals surface area contributed by atoms with Crippen LogP contribution in [0.1, 0.15) is 22.0 Å². The molecule has 1 saturated heterocycles. The van der Waals surface area contributed by atoms with E-state index in [0.717, 1.165) is 50.8 Å². The smallest absolute Gasteiger partial charge is 0.191 e. The molecule has 2 rings (SSSR count). The zero-order valence-electron chi connectivity index (χ0n) is 12.9. The SMILES string of the molecule is CN=C(NCCc1nc(C)c(C)s1)NCC1CCOC1.I. The van der Waals surface area contributed by atoms with Gasteiger partial charge in [0, 0.05) is 44.0 Å². The van der Waals surface area contributed by atoms with Gasteiger partial charge in [0.05, 0.1) is 17.3 Å². The highest BCUT2D eigenvalue weighted by Crippen LogP contribution is 2.16. The molecule has 7 heteroatoms. The second kappa shape index (κ2) is 9.58. The Morgan fingerprint density at radius 1 is 1.43 bits per heavy atom. The summed E-state index contributed by atoms with van der Waals surface area (Å²) in [6, 6.07) is 0. The quantitative estimate of drug-likeness (QED) is 0.432. The number of guanidine groups is 1. The van der Waals surface area contributed by atoms with Crippen LogP contribution in [0.5, 0.6) is 0 Å². The number of aliphatic imine (C=N–C) groups is 1. The van der Waals surface area contributed by atoms with Crippen LogP contribution in [0.3, 0.4) is 0 Å². The van der Waals surface area contributed by atoms with E-state index >= 15 is 0 Å². The van der Waals surface area contributed by atoms with Crippen molar-refractivity contribution in [2.75, 3.05) is 33.4 Å². The van der Waals surface area contributed by atoms with E-state index in [2.05, 4.69) is 34.5 Å². The highest BCUT2D eigenvalue weighted by molar-refractivity contribution is 14.0. The van der Waals surface area contributed by atoms with E-state index in [1.165, 1.54) is 9.88 Å². The van der Waals surface area contributed by atoms with Crippen molar-refractivity contribution in [1.82, 2.24) is 15.6 Å². The Kier molecular flexibility index (Phi) is 8.50. The molecule has 1 aliphatic rings. The Bertz CT molecular complexity index is 438. The maximum Gasteiger partial charge on any atom is 0.191 e. The first-order valence-corrected chi connectivity index (χ1v) is 7.96. The Morgan fingerprint density at radius 2 is 2.24 bits per heavy atom. The lowest BCUT2D eigenvalue weighted by Gasteiger charge is -2.13. The Morgan fingerprint density at radius 3 is 2.81 bits per heavy atom. The van der Waals surface area contributed by atoms with E-state index in [-0.39, 0.29) is 24.0 Å². The maximum absolute atomic E-state index is 5.37. The van der Waals surface area contributed by atoms with Gasteiger partial charge in [-0.1, -0.05) is 0 Å². The molecular formula is C14H25IN4OS. The molecule has 1 aliphatic heterocycles. The van der Waals surface area contributed by atoms with Gasteiger partial charge in [-0.2, -0.15) is 0 Å². The molecule has 1 unspecified atom stereocenters. The molecule has 2 N–H and O–H groups in total. The summed E-state index contributed by atoms with van der Waals surface area (Å²) in [4.78, 5) is 10.1. The number of thiazole rings is 1. The Labute approximate surface area is 148 Å². The van der Waals surface area contributed by atoms with Crippen LogP contribution in [0.4, 0.5) is 0 Å². The molecule has 0 aromatic carbocycles. The molecule has 5 nitrogen and oxygen atoms in total. The number of halogens is 1. The van der Waals surface area contributed by atoms with Gasteiger partial charge in [-0.15, -0.1) is 35.3 Å². The summed E-state index contributed by atoms with van der Waals surface area (Å²) in [5.41, 5.74) is 1.15. The fourth-order valence-electron chi connectivity index (χ4n) is 2.14. The van der Waals surface area contributed by atoms with Crippen molar-refractivity contribution >= 4 is 41.3 Å². The van der Waals surface area contributed by atoms with E-state index in [1.54, 1.807) is 18.4 Å². The minimum absolute atomic E-state index is 0. The molecule has 0 radical (unpaired) electrons. The van der Waals surface area contributed by atoms with Gasteiger partial charge in [0.25, 0.3) is 0 Å². The lowest BCUT2D eigenvalue weighted by atomic mass is 10.1. The van der Waals surface area contributed by atoms with Crippen molar-refractivity contribution in [3.63, 3.8) is 0 Å². The highest BCUT2D eigenvalue weighted by atomic mass is 127. The first kappa shape index (κ1) is 18.6. The second-order valence-electron chi connectivity index (χ2n) is 5.11. The molecule has 1 aromatic heterocycles. The van der Waals surface area contributed by atoms with Crippen LogP contribution in [-0.2, 0) is 11.2 Å². The number of aromatic nitrogens is 1. The molecule has 21 heavy (non-hydrogen) atoms. The number of rotatable bonds is 5. The maximum atomic E-state index is 5.37. The lowest BCUT2D eigenvalue weighted by molar-refractivity contribution is 0.186. The van der Waals surface area contributed by atoms with Crippen molar-refractivity contribution < 1.29 is 4.74 Å². The number of aryl methyl sites for hydroxylation is 2. The summed E-state index contributed by atoms with van der Waals surface area (Å²) >= 11 is 1.78. The minimum Gasteiger partial charge on any atom is -0.381 e. The third kappa shape index (κ3) is 6.07. The predicted molar refractivity (Wildman–Crippen MR) is 99.0 cm³/mol. The molecule has 1 aromatic rings. The van der Waals surface area contributed by atoms with Crippen LogP contribution in [-0.4, -0.2) is 44.3 Å². The normalized spacial score (nSPS) is 18.4. The van der Waals surface area contributed by atoms with E-state index in [4.69, 9.17) is 4.74 Å². The third-order valence-corrected chi connectivity index (χ3v) is 4.64. The van der Waals surface area contributed by atoms with Crippen LogP contribution in [0.15, 0.2) is 4.99 Å². The summed E-state index contributed by atoms with van der Waals surface area (Å²) < 4.78 is 5.37. The standard InChI is InChI=1S/C14H24N4OS.HI/c1-10-11(2)20-13(18-10)4-6-16-14(15-3)17-8-12-5-7-19-9-12;/h12H,4-9H2,1-3H3,(H2,15,16,17);1H. The van der Waals surface area contributed by atoms with Crippen molar-refractivity contribution in [1.29, 1.82) is 0 Å². The molecule has 0 aliphatic carbocycles. The van der Waals surface area contributed by atoms with Gasteiger partial charge in [0.1, 0.15) is 0 Å². The van der Waals surface area contributed by atoms with Gasteiger partial charge in [-0.3, -0.25) is 4.99 Å². The van der Waals surface area contributed by atoms with Gasteiger partial charge in [0.2, 0.25) is 0 Å². The summed E-state index contributed by atoms with van der Waals surface area (Å²) in [6.07, 6.45) is 2.08. The lowest BCUT2D eigenvalue weighted by Crippen LogP contribution is -2.40. The number of ether oxygens (including phenoxy) is 1. The molecule has 0 amide bonds. The van der Waals surface area contributed by atoms with Crippen LogP contribution >= 0.6 is 35.3 Å². The molecule has 120 valence electrons. The van der Waals surface area contributed by atoms with Gasteiger partial charge in [-0.25, -0.2) is 4.98 Å². The van der Waals surface area contributed by atoms with E-state index in [0.29, 0.717) is 5.92 Å². The molecule has 1 fully saturated rings. The summed E-state index contributed by atoms with van der Waals surface area (Å²) in [5, 5.41) is 7.88. The third-order valence-electron chi connectivity index (χ3n) is 3.51. The summed E-state index contributed by atoms with van der Waals surface area (Å²) in [7, 11) is 1.80. The first-order chi connectivity index (χ1) is 9.69. The largest absolute Gasteiger partial charge is 0.381 e. The van der Waals surface area contributed by atoms with Gasteiger partial charge < -0.3 is 15.4 Å². The monoisotopic (exact) mass is 424 g/mol. The van der Waals surface area contributed by atoms with Crippen LogP contribution in [0, 0.1) is 19.8 Å². The van der Waals surface area contributed by atoms with E-state index in [1.807, 2.05) is 0 Å². The van der Waals surface area contributed by atoms with Crippen molar-refractivity contribution in [2.45, 2.75) is 26.7 Å². The Hall–Kier alpha value is -0.410. The number of hydrogen-bond donors (Lipinski definition) is 2. The van der Waals surface area contributed by atoms with Gasteiger partial charge in [-0.05, 0) is 20.3 Å². The molecule has 0 bridgehead atoms. The average Bonchev–Trinajstić information content (AvgIpc) is 3.05. The Balaban J connectivity index is 0.00000220. The average molecular weight is 424 g/mol. The van der Waals surface area contributed by atoms with E-state index in [9.17, 15) is 0 Å². The molecular weight excluding hydrogens is 399 g/mol. The summed E-state index contributed by atoms with van der Waals surface area (Å²) in [5.74, 6) is 1.47. The molecule has 0 spiro atoms. The topological polar surface area (TPSA) is 58.5 Å². The van der Waals surface area contributed by atoms with Crippen LogP contribution < -0.4 is 10.6 Å². The fourth-order valence-corrected chi connectivity index (χ4v) is 3.07. The highest BCUT2D eigenvalue weighted by Gasteiger charge is 2.15. The van der Waals surface area contributed by atoms with Crippen LogP contribution in [0.2, 0.25) is 0 Å². The molecule has 2 heterocycles. The predicted octanol–water partition coefficient (Wildman–Crippen LogP) is 2.12. The zero-order chi connectivity index (χ0) is 14.4. The first-order valence-electron chi connectivity index (χ1n) is 7.14. The second-order valence-corrected chi connectivity index (χ2v) is 6.40.